The molecule has 4 nitrogen and oxygen atoms in total. The fourth-order valence-corrected chi connectivity index (χ4v) is 2.84. The van der Waals surface area contributed by atoms with E-state index < -0.39 is 5.97 Å². The summed E-state index contributed by atoms with van der Waals surface area (Å²) < 4.78 is 7.44. The van der Waals surface area contributed by atoms with Gasteiger partial charge >= 0.3 is 5.97 Å². The van der Waals surface area contributed by atoms with Crippen LogP contribution < -0.4 is 4.74 Å². The van der Waals surface area contributed by atoms with Crippen molar-refractivity contribution in [3.05, 3.63) is 27.5 Å². The van der Waals surface area contributed by atoms with Crippen molar-refractivity contribution in [1.82, 2.24) is 4.57 Å². The zero-order chi connectivity index (χ0) is 13.3. The van der Waals surface area contributed by atoms with E-state index in [1.807, 2.05) is 34.7 Å². The van der Waals surface area contributed by atoms with Gasteiger partial charge in [0.1, 0.15) is 11.4 Å². The van der Waals surface area contributed by atoms with Gasteiger partial charge in [0.15, 0.2) is 0 Å². The Hall–Kier alpha value is -1.68. The van der Waals surface area contributed by atoms with Crippen LogP contribution in [0.3, 0.4) is 0 Å². The molecule has 0 aliphatic carbocycles. The Kier molecular flexibility index (Phi) is 3.48. The van der Waals surface area contributed by atoms with E-state index in [2.05, 4.69) is 5.92 Å². The van der Waals surface area contributed by atoms with Crippen molar-refractivity contribution in [1.29, 1.82) is 0 Å². The zero-order valence-electron chi connectivity index (χ0n) is 9.61. The highest BCUT2D eigenvalue weighted by molar-refractivity contribution is 14.1. The third-order valence-electron chi connectivity index (χ3n) is 2.66. The van der Waals surface area contributed by atoms with Crippen molar-refractivity contribution in [2.24, 2.45) is 0 Å². The van der Waals surface area contributed by atoms with Crippen molar-refractivity contribution < 1.29 is 14.6 Å². The Morgan fingerprint density at radius 2 is 2.33 bits per heavy atom. The van der Waals surface area contributed by atoms with E-state index in [1.54, 1.807) is 17.7 Å². The van der Waals surface area contributed by atoms with Crippen molar-refractivity contribution in [3.8, 4) is 18.1 Å². The first-order valence-corrected chi connectivity index (χ1v) is 6.20. The normalized spacial score (nSPS) is 10.3. The maximum absolute atomic E-state index is 11.3. The van der Waals surface area contributed by atoms with Crippen LogP contribution in [0.4, 0.5) is 0 Å². The molecule has 0 fully saturated rings. The van der Waals surface area contributed by atoms with Crippen LogP contribution in [0.15, 0.2) is 18.2 Å². The highest BCUT2D eigenvalue weighted by Crippen LogP contribution is 2.30. The van der Waals surface area contributed by atoms with Crippen LogP contribution in [0.5, 0.6) is 5.75 Å². The first-order chi connectivity index (χ1) is 8.60. The highest BCUT2D eigenvalue weighted by atomic mass is 127. The number of terminal acetylenes is 1. The van der Waals surface area contributed by atoms with Crippen LogP contribution in [-0.2, 0) is 6.54 Å². The first-order valence-electron chi connectivity index (χ1n) is 5.12. The van der Waals surface area contributed by atoms with Gasteiger partial charge in [-0.15, -0.1) is 6.42 Å². The van der Waals surface area contributed by atoms with Gasteiger partial charge in [0.05, 0.1) is 22.7 Å². The van der Waals surface area contributed by atoms with Crippen molar-refractivity contribution in [2.75, 3.05) is 7.11 Å². The van der Waals surface area contributed by atoms with Gasteiger partial charge in [-0.2, -0.15) is 0 Å². The summed E-state index contributed by atoms with van der Waals surface area (Å²) in [5.74, 6) is 2.19. The fraction of sp³-hybridized carbons (Fsp3) is 0.154. The molecule has 2 rings (SSSR count). The number of benzene rings is 1. The van der Waals surface area contributed by atoms with Crippen LogP contribution in [0.1, 0.15) is 10.5 Å². The van der Waals surface area contributed by atoms with Gasteiger partial charge < -0.3 is 14.4 Å². The van der Waals surface area contributed by atoms with Crippen LogP contribution in [0.2, 0.25) is 0 Å². The van der Waals surface area contributed by atoms with Gasteiger partial charge in [0, 0.05) is 5.39 Å². The summed E-state index contributed by atoms with van der Waals surface area (Å²) in [4.78, 5) is 11.3. The molecular weight excluding hydrogens is 345 g/mol. The predicted molar refractivity (Wildman–Crippen MR) is 77.0 cm³/mol. The maximum atomic E-state index is 11.3. The molecule has 0 amide bonds. The lowest BCUT2D eigenvalue weighted by Gasteiger charge is -2.04. The average molecular weight is 355 g/mol. The van der Waals surface area contributed by atoms with E-state index in [-0.39, 0.29) is 12.2 Å². The van der Waals surface area contributed by atoms with Crippen LogP contribution in [-0.4, -0.2) is 22.8 Å². The number of rotatable bonds is 3. The molecule has 2 aromatic rings. The lowest BCUT2D eigenvalue weighted by Crippen LogP contribution is -2.08. The van der Waals surface area contributed by atoms with E-state index in [9.17, 15) is 9.90 Å². The number of halogens is 1. The molecule has 1 N–H and O–H groups in total. The van der Waals surface area contributed by atoms with Crippen LogP contribution in [0, 0.1) is 15.9 Å². The summed E-state index contributed by atoms with van der Waals surface area (Å²) in [5.41, 5.74) is 1.02. The fourth-order valence-electron chi connectivity index (χ4n) is 1.88. The summed E-state index contributed by atoms with van der Waals surface area (Å²) in [7, 11) is 1.57. The Balaban J connectivity index is 2.83. The number of ether oxygens (including phenoxy) is 1. The minimum atomic E-state index is -0.982. The number of carboxylic acid groups (broad SMARTS) is 1. The Bertz CT molecular complexity index is 667. The van der Waals surface area contributed by atoms with Crippen molar-refractivity contribution in [2.45, 2.75) is 6.54 Å². The average Bonchev–Trinajstić information content (AvgIpc) is 2.63. The summed E-state index contributed by atoms with van der Waals surface area (Å²) >= 11 is 2.02. The molecule has 1 aromatic heterocycles. The zero-order valence-corrected chi connectivity index (χ0v) is 11.8. The molecule has 0 radical (unpaired) electrons. The molecule has 5 heteroatoms. The second kappa shape index (κ2) is 4.90. The number of hydrogen-bond donors (Lipinski definition) is 1. The standard InChI is InChI=1S/C13H10INO3/c1-3-6-15-10-5-4-8(18-2)7-9(10)11(14)12(15)13(16)17/h1,4-5,7H,6H2,2H3,(H,16,17). The topological polar surface area (TPSA) is 51.5 Å². The number of aromatic nitrogens is 1. The second-order valence-corrected chi connectivity index (χ2v) is 4.72. The van der Waals surface area contributed by atoms with Gasteiger partial charge in [0.25, 0.3) is 0 Å². The van der Waals surface area contributed by atoms with E-state index in [4.69, 9.17) is 11.2 Å². The van der Waals surface area contributed by atoms with Crippen LogP contribution >= 0.6 is 22.6 Å². The van der Waals surface area contributed by atoms with E-state index >= 15 is 0 Å². The molecule has 0 spiro atoms. The monoisotopic (exact) mass is 355 g/mol. The molecule has 0 aliphatic rings. The van der Waals surface area contributed by atoms with Crippen LogP contribution in [0.25, 0.3) is 10.9 Å². The number of aromatic carboxylic acids is 1. The largest absolute Gasteiger partial charge is 0.497 e. The lowest BCUT2D eigenvalue weighted by atomic mass is 10.2. The van der Waals surface area contributed by atoms with Gasteiger partial charge in [-0.3, -0.25) is 0 Å². The number of carboxylic acids is 1. The van der Waals surface area contributed by atoms with Gasteiger partial charge in [-0.05, 0) is 40.8 Å². The highest BCUT2D eigenvalue weighted by Gasteiger charge is 2.20. The Labute approximate surface area is 118 Å². The third-order valence-corrected chi connectivity index (χ3v) is 3.75. The number of carbonyl (C=O) groups is 1. The number of fused-ring (bicyclic) bond motifs is 1. The van der Waals surface area contributed by atoms with E-state index in [1.165, 1.54) is 0 Å². The van der Waals surface area contributed by atoms with Gasteiger partial charge in [0.2, 0.25) is 0 Å². The molecule has 92 valence electrons. The van der Waals surface area contributed by atoms with E-state index in [0.717, 1.165) is 10.9 Å². The number of hydrogen-bond acceptors (Lipinski definition) is 2. The quantitative estimate of drug-likeness (QED) is 0.680. The molecule has 0 saturated heterocycles. The lowest BCUT2D eigenvalue weighted by molar-refractivity contribution is 0.0685. The Morgan fingerprint density at radius 3 is 2.89 bits per heavy atom. The molecule has 0 saturated carbocycles. The van der Waals surface area contributed by atoms with Crippen molar-refractivity contribution >= 4 is 39.5 Å². The predicted octanol–water partition coefficient (Wildman–Crippen LogP) is 2.59. The van der Waals surface area contributed by atoms with Gasteiger partial charge in [-0.1, -0.05) is 5.92 Å². The molecule has 18 heavy (non-hydrogen) atoms. The summed E-state index contributed by atoms with van der Waals surface area (Å²) in [6.45, 7) is 0.230. The van der Waals surface area contributed by atoms with Crippen molar-refractivity contribution in [3.63, 3.8) is 0 Å². The minimum Gasteiger partial charge on any atom is -0.497 e. The van der Waals surface area contributed by atoms with Gasteiger partial charge in [-0.25, -0.2) is 4.79 Å². The summed E-state index contributed by atoms with van der Waals surface area (Å²) in [6, 6.07) is 5.42. The minimum absolute atomic E-state index is 0.219. The third kappa shape index (κ3) is 1.93. The smallest absolute Gasteiger partial charge is 0.353 e. The molecule has 0 atom stereocenters. The number of methoxy groups -OCH3 is 1. The molecule has 1 heterocycles. The first kappa shape index (κ1) is 12.8. The molecule has 0 aliphatic heterocycles. The summed E-state index contributed by atoms with van der Waals surface area (Å²) in [5, 5.41) is 10.1. The second-order valence-electron chi connectivity index (χ2n) is 3.64. The molecule has 0 bridgehead atoms. The molecular formula is C13H10INO3. The van der Waals surface area contributed by atoms with E-state index in [0.29, 0.717) is 9.32 Å². The molecule has 1 aromatic carbocycles. The molecule has 0 unspecified atom stereocenters. The maximum Gasteiger partial charge on any atom is 0.353 e. The SMILES string of the molecule is C#CCn1c(C(=O)O)c(I)c2cc(OC)ccc21. The summed E-state index contributed by atoms with van der Waals surface area (Å²) in [6.07, 6.45) is 5.30. The Morgan fingerprint density at radius 1 is 1.61 bits per heavy atom. The number of nitrogens with zero attached hydrogens (tertiary/aromatic N) is 1.